The Morgan fingerprint density at radius 1 is 0.882 bits per heavy atom. The smallest absolute Gasteiger partial charge is 0.245 e. The molecule has 7 heteroatoms. The number of H-pyrrole nitrogens is 1. The number of hydrogen-bond acceptors (Lipinski definition) is 6. The Hall–Kier alpha value is -3.55. The second kappa shape index (κ2) is 9.37. The summed E-state index contributed by atoms with van der Waals surface area (Å²) in [5.74, 6) is -0.706. The number of anilines is 2. The van der Waals surface area contributed by atoms with E-state index in [1.54, 1.807) is 6.08 Å². The van der Waals surface area contributed by atoms with E-state index in [-0.39, 0.29) is 5.92 Å². The van der Waals surface area contributed by atoms with Gasteiger partial charge in [0.1, 0.15) is 5.82 Å². The first-order valence-electron chi connectivity index (χ1n) is 11.1. The highest BCUT2D eigenvalue weighted by Gasteiger charge is 2.35. The largest absolute Gasteiger partial charge is 0.495 e. The number of allylic oxidation sites excluding steroid dienone is 2. The van der Waals surface area contributed by atoms with E-state index in [4.69, 9.17) is 14.5 Å². The maximum atomic E-state index is 10.6. The molecule has 1 aliphatic rings. The Kier molecular flexibility index (Phi) is 6.50. The number of ether oxygens (including phenoxy) is 2. The van der Waals surface area contributed by atoms with Crippen LogP contribution in [0.3, 0.4) is 0 Å². The van der Waals surface area contributed by atoms with Crippen LogP contribution in [0.2, 0.25) is 0 Å². The fourth-order valence-electron chi connectivity index (χ4n) is 4.02. The Bertz CT molecular complexity index is 1120. The molecule has 7 nitrogen and oxygen atoms in total. The van der Waals surface area contributed by atoms with Crippen LogP contribution in [0.15, 0.2) is 72.5 Å². The number of methoxy groups -OCH3 is 2. The number of aromatic amines is 1. The van der Waals surface area contributed by atoms with Crippen molar-refractivity contribution in [1.29, 1.82) is 0 Å². The summed E-state index contributed by atoms with van der Waals surface area (Å²) in [5, 5.41) is 10.6. The Morgan fingerprint density at radius 3 is 1.94 bits per heavy atom. The van der Waals surface area contributed by atoms with E-state index in [2.05, 4.69) is 63.3 Å². The molecule has 1 aliphatic carbocycles. The highest BCUT2D eigenvalue weighted by molar-refractivity contribution is 5.80. The quantitative estimate of drug-likeness (QED) is 0.402. The van der Waals surface area contributed by atoms with Crippen LogP contribution in [0.5, 0.6) is 0 Å². The van der Waals surface area contributed by atoms with Crippen LogP contribution in [0.1, 0.15) is 11.7 Å². The van der Waals surface area contributed by atoms with Gasteiger partial charge in [0, 0.05) is 57.8 Å². The van der Waals surface area contributed by atoms with Gasteiger partial charge in [-0.2, -0.15) is 0 Å². The summed E-state index contributed by atoms with van der Waals surface area (Å²) < 4.78 is 10.6. The average Bonchev–Trinajstić information content (AvgIpc) is 3.30. The van der Waals surface area contributed by atoms with Gasteiger partial charge in [0.2, 0.25) is 5.79 Å². The molecule has 2 aromatic carbocycles. The van der Waals surface area contributed by atoms with Gasteiger partial charge >= 0.3 is 0 Å². The van der Waals surface area contributed by atoms with Crippen molar-refractivity contribution in [2.24, 2.45) is 0 Å². The molecule has 2 atom stereocenters. The Balaban J connectivity index is 1.80. The van der Waals surface area contributed by atoms with Crippen molar-refractivity contribution in [3.05, 3.63) is 78.3 Å². The van der Waals surface area contributed by atoms with Crippen molar-refractivity contribution in [1.82, 2.24) is 9.97 Å². The molecule has 0 fully saturated rings. The summed E-state index contributed by atoms with van der Waals surface area (Å²) in [4.78, 5) is 12.7. The minimum absolute atomic E-state index is 0.208. The van der Waals surface area contributed by atoms with Crippen LogP contribution >= 0.6 is 0 Å². The molecular formula is C27H32N4O3. The first kappa shape index (κ1) is 23.6. The summed E-state index contributed by atoms with van der Waals surface area (Å²) in [6.07, 6.45) is 5.28. The van der Waals surface area contributed by atoms with Crippen molar-refractivity contribution in [2.45, 2.75) is 11.7 Å². The summed E-state index contributed by atoms with van der Waals surface area (Å²) in [5.41, 5.74) is 6.11. The molecule has 1 heterocycles. The van der Waals surface area contributed by atoms with Crippen molar-refractivity contribution in [3.63, 3.8) is 0 Å². The molecule has 0 saturated carbocycles. The number of hydrogen-bond donors (Lipinski definition) is 2. The number of benzene rings is 2. The predicted molar refractivity (Wildman–Crippen MR) is 137 cm³/mol. The second-order valence-electron chi connectivity index (χ2n) is 8.75. The van der Waals surface area contributed by atoms with Gasteiger partial charge in [-0.05, 0) is 36.4 Å². The van der Waals surface area contributed by atoms with E-state index in [1.165, 1.54) is 14.2 Å². The highest BCUT2D eigenvalue weighted by Crippen LogP contribution is 2.37. The highest BCUT2D eigenvalue weighted by atomic mass is 16.6. The van der Waals surface area contributed by atoms with Gasteiger partial charge in [-0.25, -0.2) is 4.98 Å². The summed E-state index contributed by atoms with van der Waals surface area (Å²) in [7, 11) is 11.1. The third-order valence-corrected chi connectivity index (χ3v) is 6.11. The van der Waals surface area contributed by atoms with Crippen molar-refractivity contribution >= 4 is 11.4 Å². The zero-order valence-corrected chi connectivity index (χ0v) is 20.5. The van der Waals surface area contributed by atoms with Crippen LogP contribution < -0.4 is 9.80 Å². The maximum absolute atomic E-state index is 10.6. The third-order valence-electron chi connectivity index (χ3n) is 6.11. The molecule has 1 aromatic heterocycles. The predicted octanol–water partition coefficient (Wildman–Crippen LogP) is 4.39. The second-order valence-corrected chi connectivity index (χ2v) is 8.75. The zero-order chi connectivity index (χ0) is 24.5. The SMILES string of the molecule is COC1=CC(c2nc(-c3ccc(N(C)C)cc3)c(-c3ccc(N(C)C)cc3)[nH]2)C=CC1(O)OC. The lowest BCUT2D eigenvalue weighted by Crippen LogP contribution is -2.34. The standard InChI is InChI=1S/C27H32N4O3/c1-30(2)21-11-7-18(8-12-21)24-25(19-9-13-22(14-10-19)31(3)4)29-26(28-24)20-15-16-27(32,34-6)23(17-20)33-5/h7-17,20,32H,1-6H3,(H,28,29). The zero-order valence-electron chi connectivity index (χ0n) is 20.5. The van der Waals surface area contributed by atoms with Crippen LogP contribution in [0.4, 0.5) is 11.4 Å². The molecule has 2 N–H and O–H groups in total. The molecule has 2 unspecified atom stereocenters. The van der Waals surface area contributed by atoms with Gasteiger partial charge in [-0.3, -0.25) is 0 Å². The lowest BCUT2D eigenvalue weighted by atomic mass is 9.97. The molecule has 34 heavy (non-hydrogen) atoms. The number of aliphatic hydroxyl groups is 1. The van der Waals surface area contributed by atoms with Crippen LogP contribution in [-0.4, -0.2) is 63.3 Å². The van der Waals surface area contributed by atoms with E-state index in [0.29, 0.717) is 5.76 Å². The Morgan fingerprint density at radius 2 is 1.44 bits per heavy atom. The maximum Gasteiger partial charge on any atom is 0.245 e. The van der Waals surface area contributed by atoms with Gasteiger partial charge in [0.05, 0.1) is 24.4 Å². The van der Waals surface area contributed by atoms with Crippen LogP contribution in [0, 0.1) is 0 Å². The number of aromatic nitrogens is 2. The first-order valence-corrected chi connectivity index (χ1v) is 11.1. The average molecular weight is 461 g/mol. The first-order chi connectivity index (χ1) is 16.3. The lowest BCUT2D eigenvalue weighted by Gasteiger charge is -2.28. The molecule has 0 bridgehead atoms. The molecular weight excluding hydrogens is 428 g/mol. The Labute approximate surface area is 201 Å². The topological polar surface area (TPSA) is 73.9 Å². The minimum Gasteiger partial charge on any atom is -0.495 e. The van der Waals surface area contributed by atoms with E-state index in [1.807, 2.05) is 40.3 Å². The molecule has 0 aliphatic heterocycles. The number of imidazole rings is 1. The summed E-state index contributed by atoms with van der Waals surface area (Å²) in [6.45, 7) is 0. The van der Waals surface area contributed by atoms with E-state index in [9.17, 15) is 5.11 Å². The number of rotatable bonds is 7. The lowest BCUT2D eigenvalue weighted by molar-refractivity contribution is -0.144. The molecule has 178 valence electrons. The molecule has 0 spiro atoms. The molecule has 0 saturated heterocycles. The minimum atomic E-state index is -1.58. The summed E-state index contributed by atoms with van der Waals surface area (Å²) >= 11 is 0. The van der Waals surface area contributed by atoms with Crippen LogP contribution in [0.25, 0.3) is 22.5 Å². The monoisotopic (exact) mass is 460 g/mol. The molecule has 3 aromatic rings. The number of nitrogens with zero attached hydrogens (tertiary/aromatic N) is 3. The normalized spacial score (nSPS) is 19.6. The fourth-order valence-corrected chi connectivity index (χ4v) is 4.02. The summed E-state index contributed by atoms with van der Waals surface area (Å²) in [6, 6.07) is 16.7. The van der Waals surface area contributed by atoms with Gasteiger partial charge in [0.15, 0.2) is 5.76 Å². The van der Waals surface area contributed by atoms with Crippen molar-refractivity contribution in [3.8, 4) is 22.5 Å². The number of nitrogens with one attached hydrogen (secondary N) is 1. The van der Waals surface area contributed by atoms with E-state index >= 15 is 0 Å². The molecule has 0 radical (unpaired) electrons. The fraction of sp³-hybridized carbons (Fsp3) is 0.296. The van der Waals surface area contributed by atoms with Crippen molar-refractivity contribution < 1.29 is 14.6 Å². The van der Waals surface area contributed by atoms with E-state index in [0.717, 1.165) is 39.7 Å². The van der Waals surface area contributed by atoms with Gasteiger partial charge in [-0.15, -0.1) is 0 Å². The van der Waals surface area contributed by atoms with Crippen molar-refractivity contribution in [2.75, 3.05) is 52.2 Å². The third kappa shape index (κ3) is 4.44. The van der Waals surface area contributed by atoms with Gasteiger partial charge in [-0.1, -0.05) is 30.3 Å². The molecule has 0 amide bonds. The molecule has 4 rings (SSSR count). The van der Waals surface area contributed by atoms with Gasteiger partial charge < -0.3 is 29.4 Å². The van der Waals surface area contributed by atoms with E-state index < -0.39 is 5.79 Å². The van der Waals surface area contributed by atoms with Gasteiger partial charge in [0.25, 0.3) is 0 Å². The van der Waals surface area contributed by atoms with Crippen LogP contribution in [-0.2, 0) is 9.47 Å².